The van der Waals surface area contributed by atoms with Crippen LogP contribution in [0.15, 0.2) is 42.5 Å². The Morgan fingerprint density at radius 2 is 1.73 bits per heavy atom. The molecule has 0 aliphatic carbocycles. The quantitative estimate of drug-likeness (QED) is 0.612. The molecule has 3 heteroatoms. The molecule has 0 heterocycles. The number of ether oxygens (including phenoxy) is 2. The lowest BCUT2D eigenvalue weighted by Crippen LogP contribution is -1.96. The molecule has 2 rings (SSSR count). The molecule has 0 aliphatic heterocycles. The van der Waals surface area contributed by atoms with Gasteiger partial charge in [-0.05, 0) is 61.4 Å². The first-order valence-corrected chi connectivity index (χ1v) is 7.07. The summed E-state index contributed by atoms with van der Waals surface area (Å²) in [6.45, 7) is 4.03. The van der Waals surface area contributed by atoms with E-state index in [0.717, 1.165) is 16.9 Å². The van der Waals surface area contributed by atoms with Crippen molar-refractivity contribution >= 4 is 11.9 Å². The van der Waals surface area contributed by atoms with Gasteiger partial charge < -0.3 is 9.47 Å². The molecule has 2 aromatic rings. The number of carbonyl (C=O) groups is 1. The Balaban J connectivity index is 2.27. The van der Waals surface area contributed by atoms with Gasteiger partial charge in [0.25, 0.3) is 0 Å². The maximum absolute atomic E-state index is 12.3. The number of hydrogen-bond donors (Lipinski definition) is 0. The predicted octanol–water partition coefficient (Wildman–Crippen LogP) is 4.22. The maximum Gasteiger partial charge on any atom is 0.185 e. The highest BCUT2D eigenvalue weighted by Gasteiger charge is 2.05. The molecule has 0 fully saturated rings. The Morgan fingerprint density at radius 3 is 2.36 bits per heavy atom. The van der Waals surface area contributed by atoms with Gasteiger partial charge in [-0.25, -0.2) is 0 Å². The van der Waals surface area contributed by atoms with Crippen LogP contribution in [0.3, 0.4) is 0 Å². The fraction of sp³-hybridized carbons (Fsp3) is 0.211. The largest absolute Gasteiger partial charge is 0.497 e. The zero-order valence-corrected chi connectivity index (χ0v) is 13.3. The molecule has 0 N–H and O–H groups in total. The molecule has 0 atom stereocenters. The zero-order chi connectivity index (χ0) is 16.1. The summed E-state index contributed by atoms with van der Waals surface area (Å²) in [6.07, 6.45) is 3.31. The molecule has 0 aromatic heterocycles. The van der Waals surface area contributed by atoms with E-state index in [4.69, 9.17) is 9.47 Å². The third-order valence-electron chi connectivity index (χ3n) is 3.64. The van der Waals surface area contributed by atoms with Crippen LogP contribution in [0, 0.1) is 13.8 Å². The summed E-state index contributed by atoms with van der Waals surface area (Å²) in [5.74, 6) is 1.39. The van der Waals surface area contributed by atoms with Crippen molar-refractivity contribution in [3.63, 3.8) is 0 Å². The van der Waals surface area contributed by atoms with Crippen LogP contribution >= 0.6 is 0 Å². The summed E-state index contributed by atoms with van der Waals surface area (Å²) in [4.78, 5) is 12.3. The lowest BCUT2D eigenvalue weighted by Gasteiger charge is -2.07. The molecule has 2 aromatic carbocycles. The van der Waals surface area contributed by atoms with E-state index < -0.39 is 0 Å². The molecule has 0 saturated heterocycles. The van der Waals surface area contributed by atoms with Gasteiger partial charge in [0.15, 0.2) is 5.78 Å². The Bertz CT molecular complexity index is 715. The second kappa shape index (κ2) is 6.94. The van der Waals surface area contributed by atoms with Gasteiger partial charge in [-0.3, -0.25) is 4.79 Å². The molecule has 3 nitrogen and oxygen atoms in total. The Labute approximate surface area is 131 Å². The second-order valence-electron chi connectivity index (χ2n) is 5.10. The van der Waals surface area contributed by atoms with Crippen molar-refractivity contribution in [3.05, 3.63) is 64.7 Å². The Kier molecular flexibility index (Phi) is 4.99. The number of aryl methyl sites for hydroxylation is 2. The van der Waals surface area contributed by atoms with Crippen LogP contribution in [0.25, 0.3) is 6.08 Å². The Hall–Kier alpha value is -2.55. The molecule has 0 radical (unpaired) electrons. The van der Waals surface area contributed by atoms with Crippen LogP contribution in [0.2, 0.25) is 0 Å². The first-order chi connectivity index (χ1) is 10.5. The van der Waals surface area contributed by atoms with Gasteiger partial charge in [0.1, 0.15) is 11.5 Å². The molecule has 0 spiro atoms. The van der Waals surface area contributed by atoms with E-state index in [0.29, 0.717) is 11.3 Å². The van der Waals surface area contributed by atoms with Gasteiger partial charge in [-0.1, -0.05) is 12.1 Å². The minimum absolute atomic E-state index is 0.0343. The van der Waals surface area contributed by atoms with Crippen LogP contribution < -0.4 is 9.47 Å². The van der Waals surface area contributed by atoms with Crippen LogP contribution in [0.1, 0.15) is 27.0 Å². The number of allylic oxidation sites excluding steroid dienone is 1. The van der Waals surface area contributed by atoms with Crippen LogP contribution in [0.4, 0.5) is 0 Å². The standard InChI is InChI=1S/C19H20O3/c1-13-5-6-15(11-14(13)2)18(20)9-7-16-12-17(21-3)8-10-19(16)22-4/h5-12H,1-4H3/b9-7+. The Morgan fingerprint density at radius 1 is 0.955 bits per heavy atom. The second-order valence-corrected chi connectivity index (χ2v) is 5.10. The molecule has 0 aliphatic rings. The van der Waals surface area contributed by atoms with Crippen molar-refractivity contribution in [3.8, 4) is 11.5 Å². The summed E-state index contributed by atoms with van der Waals surface area (Å²) < 4.78 is 10.5. The lowest BCUT2D eigenvalue weighted by molar-refractivity contribution is 0.104. The molecular formula is C19H20O3. The number of ketones is 1. The average molecular weight is 296 g/mol. The number of hydrogen-bond acceptors (Lipinski definition) is 3. The molecular weight excluding hydrogens is 276 g/mol. The summed E-state index contributed by atoms with van der Waals surface area (Å²) in [7, 11) is 3.21. The van der Waals surface area contributed by atoms with E-state index in [-0.39, 0.29) is 5.78 Å². The molecule has 0 unspecified atom stereocenters. The summed E-state index contributed by atoms with van der Waals surface area (Å²) in [6, 6.07) is 11.2. The topological polar surface area (TPSA) is 35.5 Å². The monoisotopic (exact) mass is 296 g/mol. The number of methoxy groups -OCH3 is 2. The van der Waals surface area contributed by atoms with E-state index in [9.17, 15) is 4.79 Å². The fourth-order valence-electron chi connectivity index (χ4n) is 2.13. The van der Waals surface area contributed by atoms with Crippen molar-refractivity contribution in [2.45, 2.75) is 13.8 Å². The fourth-order valence-corrected chi connectivity index (χ4v) is 2.13. The average Bonchev–Trinajstić information content (AvgIpc) is 2.54. The maximum atomic E-state index is 12.3. The minimum Gasteiger partial charge on any atom is -0.497 e. The summed E-state index contributed by atoms with van der Waals surface area (Å²) >= 11 is 0. The molecule has 0 saturated carbocycles. The van der Waals surface area contributed by atoms with E-state index in [2.05, 4.69) is 0 Å². The molecule has 0 amide bonds. The zero-order valence-electron chi connectivity index (χ0n) is 13.3. The van der Waals surface area contributed by atoms with E-state index >= 15 is 0 Å². The minimum atomic E-state index is -0.0343. The van der Waals surface area contributed by atoms with Gasteiger partial charge in [0, 0.05) is 11.1 Å². The highest BCUT2D eigenvalue weighted by molar-refractivity contribution is 6.07. The number of rotatable bonds is 5. The molecule has 22 heavy (non-hydrogen) atoms. The third-order valence-corrected chi connectivity index (χ3v) is 3.64. The van der Waals surface area contributed by atoms with Gasteiger partial charge in [0.05, 0.1) is 14.2 Å². The summed E-state index contributed by atoms with van der Waals surface area (Å²) in [5.41, 5.74) is 3.77. The SMILES string of the molecule is COc1ccc(OC)c(/C=C/C(=O)c2ccc(C)c(C)c2)c1. The van der Waals surface area contributed by atoms with Crippen molar-refractivity contribution in [1.82, 2.24) is 0 Å². The molecule has 114 valence electrons. The highest BCUT2D eigenvalue weighted by atomic mass is 16.5. The number of carbonyl (C=O) groups excluding carboxylic acids is 1. The summed E-state index contributed by atoms with van der Waals surface area (Å²) in [5, 5.41) is 0. The van der Waals surface area contributed by atoms with Gasteiger partial charge in [0.2, 0.25) is 0 Å². The third kappa shape index (κ3) is 3.55. The number of benzene rings is 2. The van der Waals surface area contributed by atoms with Gasteiger partial charge in [-0.2, -0.15) is 0 Å². The smallest absolute Gasteiger partial charge is 0.185 e. The predicted molar refractivity (Wildman–Crippen MR) is 88.8 cm³/mol. The van der Waals surface area contributed by atoms with Crippen molar-refractivity contribution in [2.24, 2.45) is 0 Å². The van der Waals surface area contributed by atoms with Gasteiger partial charge in [-0.15, -0.1) is 0 Å². The van der Waals surface area contributed by atoms with E-state index in [1.54, 1.807) is 26.4 Å². The van der Waals surface area contributed by atoms with Crippen molar-refractivity contribution in [1.29, 1.82) is 0 Å². The molecule has 0 bridgehead atoms. The highest BCUT2D eigenvalue weighted by Crippen LogP contribution is 2.25. The van der Waals surface area contributed by atoms with Crippen LogP contribution in [-0.2, 0) is 0 Å². The van der Waals surface area contributed by atoms with Gasteiger partial charge >= 0.3 is 0 Å². The van der Waals surface area contributed by atoms with E-state index in [1.165, 1.54) is 5.56 Å². The first-order valence-electron chi connectivity index (χ1n) is 7.07. The normalized spacial score (nSPS) is 10.7. The van der Waals surface area contributed by atoms with Crippen LogP contribution in [-0.4, -0.2) is 20.0 Å². The van der Waals surface area contributed by atoms with Crippen LogP contribution in [0.5, 0.6) is 11.5 Å². The first kappa shape index (κ1) is 15.8. The van der Waals surface area contributed by atoms with Crippen molar-refractivity contribution in [2.75, 3.05) is 14.2 Å². The lowest BCUT2D eigenvalue weighted by atomic mass is 10.0. The van der Waals surface area contributed by atoms with Crippen molar-refractivity contribution < 1.29 is 14.3 Å². The van der Waals surface area contributed by atoms with E-state index in [1.807, 2.05) is 50.2 Å².